The number of allylic oxidation sites excluding steroid dienone is 3. The third-order valence-electron chi connectivity index (χ3n) is 1.03. The van der Waals surface area contributed by atoms with Crippen LogP contribution in [0.15, 0.2) is 24.8 Å². The number of carbonyl (C=O) groups is 1. The van der Waals surface area contributed by atoms with Crippen LogP contribution in [0.4, 0.5) is 0 Å². The quantitative estimate of drug-likeness (QED) is 0.260. The molecule has 0 heterocycles. The third kappa shape index (κ3) is 7.44. The summed E-state index contributed by atoms with van der Waals surface area (Å²) in [5, 5.41) is -0.404. The first-order valence-electron chi connectivity index (χ1n) is 3.24. The SMILES string of the molecule is C=CCCC/C=C/C(=O)Cl. The summed E-state index contributed by atoms with van der Waals surface area (Å²) in [5.74, 6) is 0. The van der Waals surface area contributed by atoms with E-state index in [1.807, 2.05) is 6.08 Å². The Morgan fingerprint density at radius 1 is 1.50 bits per heavy atom. The van der Waals surface area contributed by atoms with E-state index in [-0.39, 0.29) is 0 Å². The minimum absolute atomic E-state index is 0.404. The van der Waals surface area contributed by atoms with Crippen LogP contribution in [0.3, 0.4) is 0 Å². The molecule has 0 aliphatic heterocycles. The molecule has 0 saturated heterocycles. The fraction of sp³-hybridized carbons (Fsp3) is 0.375. The van der Waals surface area contributed by atoms with Gasteiger partial charge in [-0.05, 0) is 36.9 Å². The molecule has 0 radical (unpaired) electrons. The summed E-state index contributed by atoms with van der Waals surface area (Å²) in [6.45, 7) is 3.58. The molecule has 56 valence electrons. The highest BCUT2D eigenvalue weighted by molar-refractivity contribution is 6.66. The molecule has 0 N–H and O–H groups in total. The van der Waals surface area contributed by atoms with E-state index < -0.39 is 5.24 Å². The Hall–Kier alpha value is -0.560. The van der Waals surface area contributed by atoms with E-state index >= 15 is 0 Å². The van der Waals surface area contributed by atoms with E-state index in [2.05, 4.69) is 6.58 Å². The van der Waals surface area contributed by atoms with E-state index in [4.69, 9.17) is 11.6 Å². The van der Waals surface area contributed by atoms with Crippen LogP contribution in [0.2, 0.25) is 0 Å². The maximum absolute atomic E-state index is 10.1. The van der Waals surface area contributed by atoms with Crippen molar-refractivity contribution in [3.63, 3.8) is 0 Å². The number of hydrogen-bond donors (Lipinski definition) is 0. The molecular formula is C8H11ClO. The Morgan fingerprint density at radius 3 is 2.70 bits per heavy atom. The maximum atomic E-state index is 10.1. The van der Waals surface area contributed by atoms with Crippen molar-refractivity contribution in [2.24, 2.45) is 0 Å². The Morgan fingerprint density at radius 2 is 2.20 bits per heavy atom. The van der Waals surface area contributed by atoms with Crippen LogP contribution in [0, 0.1) is 0 Å². The zero-order valence-electron chi connectivity index (χ0n) is 5.85. The molecule has 0 rings (SSSR count). The second kappa shape index (κ2) is 6.56. The van der Waals surface area contributed by atoms with Crippen molar-refractivity contribution < 1.29 is 4.79 Å². The maximum Gasteiger partial charge on any atom is 0.244 e. The van der Waals surface area contributed by atoms with Gasteiger partial charge in [-0.2, -0.15) is 0 Å². The van der Waals surface area contributed by atoms with Crippen molar-refractivity contribution >= 4 is 16.8 Å². The van der Waals surface area contributed by atoms with Crippen LogP contribution in [0.25, 0.3) is 0 Å². The molecule has 0 fully saturated rings. The highest BCUT2D eigenvalue weighted by Gasteiger charge is 1.83. The van der Waals surface area contributed by atoms with Crippen molar-refractivity contribution in [1.82, 2.24) is 0 Å². The van der Waals surface area contributed by atoms with Gasteiger partial charge in [0.1, 0.15) is 0 Å². The molecule has 0 aromatic carbocycles. The van der Waals surface area contributed by atoms with Crippen LogP contribution in [0.5, 0.6) is 0 Å². The molecule has 0 amide bonds. The topological polar surface area (TPSA) is 17.1 Å². The average Bonchev–Trinajstić information content (AvgIpc) is 1.87. The Balaban J connectivity index is 3.18. The van der Waals surface area contributed by atoms with Crippen molar-refractivity contribution in [2.45, 2.75) is 19.3 Å². The number of unbranched alkanes of at least 4 members (excludes halogenated alkanes) is 2. The molecule has 0 aromatic rings. The van der Waals surface area contributed by atoms with Crippen molar-refractivity contribution in [2.75, 3.05) is 0 Å². The van der Waals surface area contributed by atoms with Crippen molar-refractivity contribution in [1.29, 1.82) is 0 Å². The predicted molar refractivity (Wildman–Crippen MR) is 44.0 cm³/mol. The van der Waals surface area contributed by atoms with Gasteiger partial charge >= 0.3 is 0 Å². The lowest BCUT2D eigenvalue weighted by Crippen LogP contribution is -1.75. The molecule has 2 heteroatoms. The molecule has 0 atom stereocenters. The van der Waals surface area contributed by atoms with Crippen molar-refractivity contribution in [3.05, 3.63) is 24.8 Å². The van der Waals surface area contributed by atoms with Gasteiger partial charge < -0.3 is 0 Å². The van der Waals surface area contributed by atoms with Gasteiger partial charge in [-0.15, -0.1) is 6.58 Å². The lowest BCUT2D eigenvalue weighted by molar-refractivity contribution is -0.107. The van der Waals surface area contributed by atoms with E-state index in [0.717, 1.165) is 19.3 Å². The van der Waals surface area contributed by atoms with Gasteiger partial charge in [-0.25, -0.2) is 0 Å². The largest absolute Gasteiger partial charge is 0.276 e. The molecule has 1 nitrogen and oxygen atoms in total. The Labute approximate surface area is 66.4 Å². The average molecular weight is 159 g/mol. The summed E-state index contributed by atoms with van der Waals surface area (Å²) in [5.41, 5.74) is 0. The highest BCUT2D eigenvalue weighted by Crippen LogP contribution is 1.97. The summed E-state index contributed by atoms with van der Waals surface area (Å²) in [7, 11) is 0. The molecule has 0 aliphatic rings. The zero-order valence-corrected chi connectivity index (χ0v) is 6.60. The lowest BCUT2D eigenvalue weighted by atomic mass is 10.2. The first-order valence-corrected chi connectivity index (χ1v) is 3.62. The number of rotatable bonds is 5. The van der Waals surface area contributed by atoms with Gasteiger partial charge in [0.05, 0.1) is 0 Å². The van der Waals surface area contributed by atoms with Gasteiger partial charge in [-0.3, -0.25) is 4.79 Å². The number of carbonyl (C=O) groups excluding carboxylic acids is 1. The van der Waals surface area contributed by atoms with E-state index in [0.29, 0.717) is 0 Å². The summed E-state index contributed by atoms with van der Waals surface area (Å²) in [4.78, 5) is 10.1. The smallest absolute Gasteiger partial charge is 0.244 e. The molecule has 0 aliphatic carbocycles. The molecule has 0 spiro atoms. The monoisotopic (exact) mass is 158 g/mol. The van der Waals surface area contributed by atoms with Gasteiger partial charge in [0.15, 0.2) is 0 Å². The van der Waals surface area contributed by atoms with Gasteiger partial charge in [0.25, 0.3) is 0 Å². The summed E-state index contributed by atoms with van der Waals surface area (Å²) in [6.07, 6.45) is 7.93. The molecule has 0 bridgehead atoms. The molecule has 10 heavy (non-hydrogen) atoms. The minimum Gasteiger partial charge on any atom is -0.276 e. The summed E-state index contributed by atoms with van der Waals surface area (Å²) >= 11 is 5.04. The van der Waals surface area contributed by atoms with Crippen LogP contribution in [0.1, 0.15) is 19.3 Å². The van der Waals surface area contributed by atoms with Crippen LogP contribution >= 0.6 is 11.6 Å². The van der Waals surface area contributed by atoms with Gasteiger partial charge in [0.2, 0.25) is 5.24 Å². The zero-order chi connectivity index (χ0) is 7.82. The lowest BCUT2D eigenvalue weighted by Gasteiger charge is -1.86. The molecule has 0 aromatic heterocycles. The minimum atomic E-state index is -0.404. The predicted octanol–water partition coefficient (Wildman–Crippen LogP) is 2.66. The fourth-order valence-corrected chi connectivity index (χ4v) is 0.645. The number of halogens is 1. The second-order valence-corrected chi connectivity index (χ2v) is 2.30. The highest BCUT2D eigenvalue weighted by atomic mass is 35.5. The van der Waals surface area contributed by atoms with Crippen molar-refractivity contribution in [3.8, 4) is 0 Å². The Kier molecular flexibility index (Phi) is 6.19. The molecular weight excluding hydrogens is 148 g/mol. The van der Waals surface area contributed by atoms with E-state index in [1.165, 1.54) is 6.08 Å². The fourth-order valence-electron chi connectivity index (χ4n) is 0.556. The Bertz CT molecular complexity index is 138. The second-order valence-electron chi connectivity index (χ2n) is 1.93. The number of hydrogen-bond acceptors (Lipinski definition) is 1. The van der Waals surface area contributed by atoms with Crippen LogP contribution < -0.4 is 0 Å². The van der Waals surface area contributed by atoms with Gasteiger partial charge in [-0.1, -0.05) is 12.2 Å². The van der Waals surface area contributed by atoms with E-state index in [9.17, 15) is 4.79 Å². The summed E-state index contributed by atoms with van der Waals surface area (Å²) in [6, 6.07) is 0. The normalized spacial score (nSPS) is 10.1. The van der Waals surface area contributed by atoms with E-state index in [1.54, 1.807) is 6.08 Å². The first-order chi connectivity index (χ1) is 4.77. The summed E-state index contributed by atoms with van der Waals surface area (Å²) < 4.78 is 0. The molecule has 0 saturated carbocycles. The van der Waals surface area contributed by atoms with Crippen LogP contribution in [-0.2, 0) is 4.79 Å². The third-order valence-corrected chi connectivity index (χ3v) is 1.15. The van der Waals surface area contributed by atoms with Gasteiger partial charge in [0, 0.05) is 0 Å². The van der Waals surface area contributed by atoms with Crippen LogP contribution in [-0.4, -0.2) is 5.24 Å². The molecule has 0 unspecified atom stereocenters. The first kappa shape index (κ1) is 9.44. The standard InChI is InChI=1S/C8H11ClO/c1-2-3-4-5-6-7-8(9)10/h2,6-7H,1,3-5H2/b7-6+.